The first-order chi connectivity index (χ1) is 7.65. The number of nitrogens with zero attached hydrogens (tertiary/aromatic N) is 3. The second-order valence-corrected chi connectivity index (χ2v) is 3.45. The summed E-state index contributed by atoms with van der Waals surface area (Å²) in [4.78, 5) is 25.0. The summed E-state index contributed by atoms with van der Waals surface area (Å²) in [7, 11) is 0. The van der Waals surface area contributed by atoms with Crippen LogP contribution in [0, 0.1) is 0 Å². The van der Waals surface area contributed by atoms with Crippen molar-refractivity contribution in [2.45, 2.75) is 38.4 Å². The SMILES string of the molecule is CC1OC(=O)C(CCCCN=[N+]=[N-])OC1=O. The molecule has 16 heavy (non-hydrogen) atoms. The third-order valence-corrected chi connectivity index (χ3v) is 2.18. The summed E-state index contributed by atoms with van der Waals surface area (Å²) < 4.78 is 9.69. The van der Waals surface area contributed by atoms with Gasteiger partial charge in [-0.3, -0.25) is 0 Å². The zero-order chi connectivity index (χ0) is 12.0. The van der Waals surface area contributed by atoms with Crippen molar-refractivity contribution in [1.82, 2.24) is 0 Å². The Bertz CT molecular complexity index is 325. The number of cyclic esters (lactones) is 2. The summed E-state index contributed by atoms with van der Waals surface area (Å²) in [5, 5.41) is 3.36. The maximum Gasteiger partial charge on any atom is 0.348 e. The van der Waals surface area contributed by atoms with Crippen LogP contribution in [-0.2, 0) is 19.1 Å². The molecule has 7 nitrogen and oxygen atoms in total. The maximum atomic E-state index is 11.3. The van der Waals surface area contributed by atoms with E-state index >= 15 is 0 Å². The molecule has 0 spiro atoms. The first kappa shape index (κ1) is 12.3. The van der Waals surface area contributed by atoms with Crippen LogP contribution < -0.4 is 0 Å². The minimum absolute atomic E-state index is 0.378. The number of carbonyl (C=O) groups excluding carboxylic acids is 2. The first-order valence-corrected chi connectivity index (χ1v) is 5.07. The van der Waals surface area contributed by atoms with Gasteiger partial charge in [-0.05, 0) is 31.7 Å². The highest BCUT2D eigenvalue weighted by molar-refractivity contribution is 5.87. The van der Waals surface area contributed by atoms with E-state index in [0.717, 1.165) is 0 Å². The van der Waals surface area contributed by atoms with Crippen LogP contribution >= 0.6 is 0 Å². The third kappa shape index (κ3) is 3.43. The lowest BCUT2D eigenvalue weighted by atomic mass is 10.1. The fraction of sp³-hybridized carbons (Fsp3) is 0.778. The molecule has 88 valence electrons. The van der Waals surface area contributed by atoms with Crippen LogP contribution in [0.3, 0.4) is 0 Å². The number of rotatable bonds is 5. The highest BCUT2D eigenvalue weighted by atomic mass is 16.6. The van der Waals surface area contributed by atoms with E-state index in [1.54, 1.807) is 0 Å². The van der Waals surface area contributed by atoms with Crippen molar-refractivity contribution in [2.75, 3.05) is 6.54 Å². The van der Waals surface area contributed by atoms with Crippen molar-refractivity contribution in [3.63, 3.8) is 0 Å². The average molecular weight is 227 g/mol. The van der Waals surface area contributed by atoms with Crippen LogP contribution in [-0.4, -0.2) is 30.7 Å². The van der Waals surface area contributed by atoms with Gasteiger partial charge in [-0.2, -0.15) is 0 Å². The molecule has 0 bridgehead atoms. The first-order valence-electron chi connectivity index (χ1n) is 5.07. The Labute approximate surface area is 92.3 Å². The van der Waals surface area contributed by atoms with Crippen LogP contribution in [0.15, 0.2) is 5.11 Å². The lowest BCUT2D eigenvalue weighted by molar-refractivity contribution is -0.193. The van der Waals surface area contributed by atoms with Gasteiger partial charge >= 0.3 is 11.9 Å². The molecule has 1 heterocycles. The highest BCUT2D eigenvalue weighted by Crippen LogP contribution is 2.15. The van der Waals surface area contributed by atoms with Crippen molar-refractivity contribution in [3.05, 3.63) is 10.4 Å². The Kier molecular flexibility index (Phi) is 4.60. The standard InChI is InChI=1S/C9H13N3O4/c1-6-8(13)16-7(9(14)15-6)4-2-3-5-11-12-10/h6-7H,2-5H2,1H3. The van der Waals surface area contributed by atoms with Crippen LogP contribution in [0.4, 0.5) is 0 Å². The number of hydrogen-bond donors (Lipinski definition) is 0. The normalized spacial score (nSPS) is 24.3. The molecule has 0 N–H and O–H groups in total. The quantitative estimate of drug-likeness (QED) is 0.232. The summed E-state index contributed by atoms with van der Waals surface area (Å²) in [6.45, 7) is 1.85. The molecule has 1 aliphatic heterocycles. The van der Waals surface area contributed by atoms with Crippen molar-refractivity contribution < 1.29 is 19.1 Å². The second kappa shape index (κ2) is 5.97. The molecule has 1 rings (SSSR count). The zero-order valence-electron chi connectivity index (χ0n) is 8.96. The fourth-order valence-electron chi connectivity index (χ4n) is 1.32. The van der Waals surface area contributed by atoms with Crippen molar-refractivity contribution in [1.29, 1.82) is 0 Å². The average Bonchev–Trinajstić information content (AvgIpc) is 2.25. The summed E-state index contributed by atoms with van der Waals surface area (Å²) in [5.41, 5.74) is 8.04. The molecule has 0 amide bonds. The Morgan fingerprint density at radius 1 is 1.31 bits per heavy atom. The van der Waals surface area contributed by atoms with Gasteiger partial charge in [-0.25, -0.2) is 9.59 Å². The second-order valence-electron chi connectivity index (χ2n) is 3.45. The van der Waals surface area contributed by atoms with E-state index in [-0.39, 0.29) is 0 Å². The minimum atomic E-state index is -0.813. The molecule has 0 aromatic heterocycles. The van der Waals surface area contributed by atoms with Crippen LogP contribution in [0.2, 0.25) is 0 Å². The maximum absolute atomic E-state index is 11.3. The largest absolute Gasteiger partial charge is 0.448 e. The van der Waals surface area contributed by atoms with E-state index in [1.807, 2.05) is 0 Å². The van der Waals surface area contributed by atoms with E-state index < -0.39 is 24.1 Å². The predicted molar refractivity (Wildman–Crippen MR) is 53.3 cm³/mol. The molecule has 1 saturated heterocycles. The molecule has 2 unspecified atom stereocenters. The van der Waals surface area contributed by atoms with Crippen LogP contribution in [0.1, 0.15) is 26.2 Å². The molecule has 0 saturated carbocycles. The van der Waals surface area contributed by atoms with E-state index in [2.05, 4.69) is 10.0 Å². The third-order valence-electron chi connectivity index (χ3n) is 2.18. The molecule has 1 aliphatic rings. The fourth-order valence-corrected chi connectivity index (χ4v) is 1.32. The molecular weight excluding hydrogens is 214 g/mol. The van der Waals surface area contributed by atoms with Gasteiger partial charge in [0.2, 0.25) is 0 Å². The van der Waals surface area contributed by atoms with Crippen molar-refractivity contribution >= 4 is 11.9 Å². The summed E-state index contributed by atoms with van der Waals surface area (Å²) in [5.74, 6) is -1.02. The molecule has 7 heteroatoms. The van der Waals surface area contributed by atoms with E-state index in [0.29, 0.717) is 25.8 Å². The Morgan fingerprint density at radius 2 is 2.06 bits per heavy atom. The monoisotopic (exact) mass is 227 g/mol. The molecule has 2 atom stereocenters. The van der Waals surface area contributed by atoms with E-state index in [4.69, 9.17) is 15.0 Å². The Balaban J connectivity index is 2.28. The van der Waals surface area contributed by atoms with E-state index in [1.165, 1.54) is 6.92 Å². The number of hydrogen-bond acceptors (Lipinski definition) is 5. The number of azide groups is 1. The number of ether oxygens (including phenoxy) is 2. The van der Waals surface area contributed by atoms with Gasteiger partial charge in [0.25, 0.3) is 0 Å². The Morgan fingerprint density at radius 3 is 2.75 bits per heavy atom. The summed E-state index contributed by atoms with van der Waals surface area (Å²) in [6, 6.07) is 0. The van der Waals surface area contributed by atoms with Crippen molar-refractivity contribution in [3.8, 4) is 0 Å². The van der Waals surface area contributed by atoms with Gasteiger partial charge in [0.15, 0.2) is 12.2 Å². The van der Waals surface area contributed by atoms with Crippen molar-refractivity contribution in [2.24, 2.45) is 5.11 Å². The molecular formula is C9H13N3O4. The Hall–Kier alpha value is -1.75. The smallest absolute Gasteiger partial charge is 0.348 e. The lowest BCUT2D eigenvalue weighted by Gasteiger charge is -2.25. The molecule has 0 aliphatic carbocycles. The minimum Gasteiger partial charge on any atom is -0.448 e. The van der Waals surface area contributed by atoms with Gasteiger partial charge in [-0.15, -0.1) is 0 Å². The number of unbranched alkanes of at least 4 members (excludes halogenated alkanes) is 1. The molecule has 0 aromatic rings. The zero-order valence-corrected chi connectivity index (χ0v) is 8.96. The number of carbonyl (C=O) groups is 2. The van der Waals surface area contributed by atoms with Gasteiger partial charge in [0.05, 0.1) is 0 Å². The van der Waals surface area contributed by atoms with Gasteiger partial charge < -0.3 is 9.47 Å². The van der Waals surface area contributed by atoms with Gasteiger partial charge in [0, 0.05) is 11.5 Å². The van der Waals surface area contributed by atoms with Gasteiger partial charge in [-0.1, -0.05) is 5.11 Å². The number of esters is 2. The van der Waals surface area contributed by atoms with Crippen LogP contribution in [0.25, 0.3) is 10.4 Å². The topological polar surface area (TPSA) is 101 Å². The summed E-state index contributed by atoms with van der Waals surface area (Å²) >= 11 is 0. The molecule has 0 aromatic carbocycles. The predicted octanol–water partition coefficient (Wildman–Crippen LogP) is 1.32. The van der Waals surface area contributed by atoms with E-state index in [9.17, 15) is 9.59 Å². The molecule has 0 radical (unpaired) electrons. The lowest BCUT2D eigenvalue weighted by Crippen LogP contribution is -2.42. The molecule has 1 fully saturated rings. The van der Waals surface area contributed by atoms with Crippen LogP contribution in [0.5, 0.6) is 0 Å². The van der Waals surface area contributed by atoms with Gasteiger partial charge in [0.1, 0.15) is 0 Å². The highest BCUT2D eigenvalue weighted by Gasteiger charge is 2.34. The summed E-state index contributed by atoms with van der Waals surface area (Å²) in [6.07, 6.45) is 0.0707.